The molecule has 0 amide bonds. The van der Waals surface area contributed by atoms with E-state index in [-0.39, 0.29) is 4.91 Å². The molecule has 0 saturated carbocycles. The summed E-state index contributed by atoms with van der Waals surface area (Å²) >= 11 is 0. The summed E-state index contributed by atoms with van der Waals surface area (Å²) in [5.74, 6) is 0.387. The van der Waals surface area contributed by atoms with E-state index >= 15 is 0 Å². The molecule has 0 saturated heterocycles. The highest BCUT2D eigenvalue weighted by Crippen LogP contribution is 2.33. The molecular weight excluding hydrogens is 332 g/mol. The van der Waals surface area contributed by atoms with Gasteiger partial charge in [-0.2, -0.15) is 8.42 Å². The number of benzene rings is 2. The van der Waals surface area contributed by atoms with Gasteiger partial charge in [0.1, 0.15) is 10.7 Å². The first-order chi connectivity index (χ1) is 11.8. The number of rotatable bonds is 3. The molecule has 0 atom stereocenters. The van der Waals surface area contributed by atoms with Gasteiger partial charge in [0.05, 0.1) is 0 Å². The largest absolute Gasteiger partial charge is 0.339 e. The standard InChI is InChI=1S/C20H22N2O2S/c1-5-16-7-10-18(11-8-16)21-20-15(4)19(25(23,24)22-20)17-9-6-13(2)14(3)12-17/h6-12H,5H2,1-4H3,(H,21,22). The quantitative estimate of drug-likeness (QED) is 0.886. The lowest BCUT2D eigenvalue weighted by atomic mass is 10.0. The molecule has 0 aliphatic carbocycles. The van der Waals surface area contributed by atoms with Crippen LogP contribution >= 0.6 is 0 Å². The van der Waals surface area contributed by atoms with Crippen molar-refractivity contribution in [2.75, 3.05) is 5.32 Å². The molecule has 0 spiro atoms. The Morgan fingerprint density at radius 2 is 1.64 bits per heavy atom. The molecule has 4 nitrogen and oxygen atoms in total. The predicted octanol–water partition coefficient (Wildman–Crippen LogP) is 4.45. The molecule has 0 aromatic heterocycles. The van der Waals surface area contributed by atoms with E-state index < -0.39 is 10.0 Å². The van der Waals surface area contributed by atoms with Crippen molar-refractivity contribution in [3.8, 4) is 0 Å². The van der Waals surface area contributed by atoms with Crippen LogP contribution in [-0.4, -0.2) is 14.3 Å². The van der Waals surface area contributed by atoms with Crippen molar-refractivity contribution in [3.63, 3.8) is 0 Å². The molecule has 130 valence electrons. The Bertz CT molecular complexity index is 985. The maximum absolute atomic E-state index is 12.6. The molecule has 0 fully saturated rings. The highest BCUT2D eigenvalue weighted by molar-refractivity contribution is 8.00. The number of nitrogens with one attached hydrogen (secondary N) is 1. The van der Waals surface area contributed by atoms with E-state index in [1.54, 1.807) is 6.92 Å². The molecule has 1 N–H and O–H groups in total. The molecule has 0 radical (unpaired) electrons. The molecule has 5 heteroatoms. The lowest BCUT2D eigenvalue weighted by Crippen LogP contribution is -2.11. The summed E-state index contributed by atoms with van der Waals surface area (Å²) in [5.41, 5.74) is 5.57. The van der Waals surface area contributed by atoms with Crippen molar-refractivity contribution in [1.82, 2.24) is 0 Å². The first-order valence-corrected chi connectivity index (χ1v) is 9.75. The van der Waals surface area contributed by atoms with Crippen LogP contribution in [0.4, 0.5) is 5.69 Å². The molecule has 0 unspecified atom stereocenters. The first kappa shape index (κ1) is 17.4. The van der Waals surface area contributed by atoms with Crippen LogP contribution in [0.25, 0.3) is 4.91 Å². The number of amidine groups is 1. The van der Waals surface area contributed by atoms with Crippen LogP contribution in [0.5, 0.6) is 0 Å². The Labute approximate surface area is 149 Å². The Hall–Kier alpha value is -2.40. The molecule has 2 aromatic rings. The molecule has 2 aromatic carbocycles. The summed E-state index contributed by atoms with van der Waals surface area (Å²) in [6, 6.07) is 13.6. The number of aryl methyl sites for hydroxylation is 3. The maximum atomic E-state index is 12.6. The Morgan fingerprint density at radius 1 is 0.960 bits per heavy atom. The average Bonchev–Trinajstić information content (AvgIpc) is 2.80. The minimum atomic E-state index is -3.70. The van der Waals surface area contributed by atoms with E-state index in [0.717, 1.165) is 23.2 Å². The minimum absolute atomic E-state index is 0.281. The SMILES string of the molecule is CCc1ccc(NC2=NS(=O)(=O)C(c3ccc(C)c(C)c3)=C2C)cc1. The average molecular weight is 354 g/mol. The normalized spacial score (nSPS) is 16.1. The van der Waals surface area contributed by atoms with E-state index in [2.05, 4.69) is 16.6 Å². The van der Waals surface area contributed by atoms with E-state index in [1.807, 2.05) is 56.3 Å². The number of nitrogens with zero attached hydrogens (tertiary/aromatic N) is 1. The van der Waals surface area contributed by atoms with Crippen LogP contribution in [0.3, 0.4) is 0 Å². The van der Waals surface area contributed by atoms with Gasteiger partial charge in [0.15, 0.2) is 0 Å². The van der Waals surface area contributed by atoms with Crippen molar-refractivity contribution in [2.24, 2.45) is 4.40 Å². The summed E-state index contributed by atoms with van der Waals surface area (Å²) in [5, 5.41) is 3.14. The second-order valence-electron chi connectivity index (χ2n) is 6.34. The van der Waals surface area contributed by atoms with Crippen LogP contribution in [-0.2, 0) is 16.4 Å². The Kier molecular flexibility index (Phi) is 4.52. The Balaban J connectivity index is 1.98. The fourth-order valence-corrected chi connectivity index (χ4v) is 4.28. The van der Waals surface area contributed by atoms with E-state index in [1.165, 1.54) is 5.56 Å². The minimum Gasteiger partial charge on any atom is -0.339 e. The van der Waals surface area contributed by atoms with Gasteiger partial charge >= 0.3 is 0 Å². The van der Waals surface area contributed by atoms with Crippen molar-refractivity contribution < 1.29 is 8.42 Å². The van der Waals surface area contributed by atoms with Crippen molar-refractivity contribution in [2.45, 2.75) is 34.1 Å². The summed E-state index contributed by atoms with van der Waals surface area (Å²) in [4.78, 5) is 0.281. The second kappa shape index (κ2) is 6.48. The van der Waals surface area contributed by atoms with Gasteiger partial charge in [0.25, 0.3) is 10.0 Å². The lowest BCUT2D eigenvalue weighted by molar-refractivity contribution is 0.608. The fourth-order valence-electron chi connectivity index (χ4n) is 2.86. The number of hydrogen-bond acceptors (Lipinski definition) is 3. The zero-order valence-electron chi connectivity index (χ0n) is 14.9. The maximum Gasteiger partial charge on any atom is 0.285 e. The molecule has 25 heavy (non-hydrogen) atoms. The van der Waals surface area contributed by atoms with Crippen LogP contribution in [0.15, 0.2) is 52.4 Å². The third kappa shape index (κ3) is 3.37. The number of sulfonamides is 1. The van der Waals surface area contributed by atoms with Gasteiger partial charge < -0.3 is 5.32 Å². The summed E-state index contributed by atoms with van der Waals surface area (Å²) in [6.45, 7) is 7.87. The predicted molar refractivity (Wildman–Crippen MR) is 104 cm³/mol. The van der Waals surface area contributed by atoms with Crippen molar-refractivity contribution >= 4 is 26.5 Å². The fraction of sp³-hybridized carbons (Fsp3) is 0.250. The van der Waals surface area contributed by atoms with Crippen LogP contribution in [0.2, 0.25) is 0 Å². The van der Waals surface area contributed by atoms with Gasteiger partial charge in [0.2, 0.25) is 0 Å². The second-order valence-corrected chi connectivity index (χ2v) is 7.88. The summed E-state index contributed by atoms with van der Waals surface area (Å²) in [6.07, 6.45) is 0.964. The highest BCUT2D eigenvalue weighted by Gasteiger charge is 2.31. The third-order valence-corrected chi connectivity index (χ3v) is 6.04. The van der Waals surface area contributed by atoms with E-state index in [0.29, 0.717) is 17.0 Å². The van der Waals surface area contributed by atoms with Gasteiger partial charge in [-0.3, -0.25) is 0 Å². The first-order valence-electron chi connectivity index (χ1n) is 8.31. The summed E-state index contributed by atoms with van der Waals surface area (Å²) in [7, 11) is -3.70. The lowest BCUT2D eigenvalue weighted by Gasteiger charge is -2.09. The van der Waals surface area contributed by atoms with Gasteiger partial charge in [-0.25, -0.2) is 0 Å². The van der Waals surface area contributed by atoms with E-state index in [4.69, 9.17) is 0 Å². The van der Waals surface area contributed by atoms with Crippen LogP contribution in [0, 0.1) is 13.8 Å². The molecular formula is C20H22N2O2S. The molecule has 1 aliphatic heterocycles. The van der Waals surface area contributed by atoms with Gasteiger partial charge in [-0.1, -0.05) is 37.3 Å². The number of hydrogen-bond donors (Lipinski definition) is 1. The van der Waals surface area contributed by atoms with Crippen molar-refractivity contribution in [3.05, 3.63) is 70.3 Å². The van der Waals surface area contributed by atoms with Gasteiger partial charge in [-0.15, -0.1) is 4.40 Å². The Morgan fingerprint density at radius 3 is 2.24 bits per heavy atom. The van der Waals surface area contributed by atoms with Crippen LogP contribution in [0.1, 0.15) is 36.1 Å². The molecule has 3 rings (SSSR count). The zero-order chi connectivity index (χ0) is 18.2. The number of anilines is 1. The monoisotopic (exact) mass is 354 g/mol. The zero-order valence-corrected chi connectivity index (χ0v) is 15.7. The summed E-state index contributed by atoms with van der Waals surface area (Å²) < 4.78 is 29.1. The molecule has 0 bridgehead atoms. The van der Waals surface area contributed by atoms with Gasteiger partial charge in [0, 0.05) is 11.3 Å². The molecule has 1 aliphatic rings. The van der Waals surface area contributed by atoms with Crippen LogP contribution < -0.4 is 5.32 Å². The highest BCUT2D eigenvalue weighted by atomic mass is 32.2. The van der Waals surface area contributed by atoms with E-state index in [9.17, 15) is 8.42 Å². The van der Waals surface area contributed by atoms with Crippen molar-refractivity contribution in [1.29, 1.82) is 0 Å². The topological polar surface area (TPSA) is 58.5 Å². The smallest absolute Gasteiger partial charge is 0.285 e. The third-order valence-electron chi connectivity index (χ3n) is 4.56. The molecule has 1 heterocycles. The van der Waals surface area contributed by atoms with Gasteiger partial charge in [-0.05, 0) is 61.6 Å².